The summed E-state index contributed by atoms with van der Waals surface area (Å²) in [4.78, 5) is 16.2. The first kappa shape index (κ1) is 15.0. The van der Waals surface area contributed by atoms with E-state index in [1.165, 1.54) is 0 Å². The number of hydrogen-bond acceptors (Lipinski definition) is 4. The van der Waals surface area contributed by atoms with Crippen molar-refractivity contribution in [3.05, 3.63) is 42.4 Å². The van der Waals surface area contributed by atoms with E-state index in [1.807, 2.05) is 19.9 Å². The molecule has 2 heterocycles. The molecule has 1 amide bonds. The van der Waals surface area contributed by atoms with E-state index in [0.717, 1.165) is 5.56 Å². The molecule has 0 spiro atoms. The average Bonchev–Trinajstić information content (AvgIpc) is 2.99. The fourth-order valence-electron chi connectivity index (χ4n) is 1.79. The SMILES string of the molecule is CC(C)Oc1ccc(CNC(=O)C(C)n2cccn2)cn1. The van der Waals surface area contributed by atoms with Crippen LogP contribution in [0.2, 0.25) is 0 Å². The number of carbonyl (C=O) groups excluding carboxylic acids is 1. The van der Waals surface area contributed by atoms with E-state index in [1.54, 1.807) is 42.3 Å². The van der Waals surface area contributed by atoms with Crippen molar-refractivity contribution in [3.63, 3.8) is 0 Å². The smallest absolute Gasteiger partial charge is 0.244 e. The highest BCUT2D eigenvalue weighted by molar-refractivity contribution is 5.79. The summed E-state index contributed by atoms with van der Waals surface area (Å²) in [6, 6.07) is 5.15. The Morgan fingerprint density at radius 2 is 2.19 bits per heavy atom. The molecule has 0 radical (unpaired) electrons. The summed E-state index contributed by atoms with van der Waals surface area (Å²) in [5, 5.41) is 6.92. The van der Waals surface area contributed by atoms with Crippen LogP contribution in [0.4, 0.5) is 0 Å². The Kier molecular flexibility index (Phi) is 4.92. The molecule has 0 saturated carbocycles. The Morgan fingerprint density at radius 1 is 1.38 bits per heavy atom. The second kappa shape index (κ2) is 6.88. The van der Waals surface area contributed by atoms with Crippen molar-refractivity contribution in [1.29, 1.82) is 0 Å². The van der Waals surface area contributed by atoms with Crippen molar-refractivity contribution in [2.45, 2.75) is 39.5 Å². The molecule has 1 N–H and O–H groups in total. The molecule has 6 nitrogen and oxygen atoms in total. The predicted molar refractivity (Wildman–Crippen MR) is 78.8 cm³/mol. The molecule has 2 aromatic rings. The summed E-state index contributed by atoms with van der Waals surface area (Å²) in [6.07, 6.45) is 5.22. The van der Waals surface area contributed by atoms with Crippen molar-refractivity contribution in [2.24, 2.45) is 0 Å². The van der Waals surface area contributed by atoms with Crippen molar-refractivity contribution in [1.82, 2.24) is 20.1 Å². The molecule has 0 saturated heterocycles. The van der Waals surface area contributed by atoms with Crippen LogP contribution in [-0.4, -0.2) is 26.8 Å². The van der Waals surface area contributed by atoms with Gasteiger partial charge in [0.15, 0.2) is 0 Å². The summed E-state index contributed by atoms with van der Waals surface area (Å²) in [5.74, 6) is 0.506. The second-order valence-corrected chi connectivity index (χ2v) is 5.05. The maximum Gasteiger partial charge on any atom is 0.244 e. The second-order valence-electron chi connectivity index (χ2n) is 5.05. The number of aromatic nitrogens is 3. The van der Waals surface area contributed by atoms with Gasteiger partial charge in [0.1, 0.15) is 6.04 Å². The van der Waals surface area contributed by atoms with E-state index in [-0.39, 0.29) is 18.1 Å². The molecular formula is C15H20N4O2. The van der Waals surface area contributed by atoms with Crippen LogP contribution in [0.5, 0.6) is 5.88 Å². The first-order valence-electron chi connectivity index (χ1n) is 6.94. The lowest BCUT2D eigenvalue weighted by atomic mass is 10.2. The first-order chi connectivity index (χ1) is 10.1. The lowest BCUT2D eigenvalue weighted by Gasteiger charge is -2.13. The molecule has 1 unspecified atom stereocenters. The Hall–Kier alpha value is -2.37. The third kappa shape index (κ3) is 4.30. The van der Waals surface area contributed by atoms with Crippen LogP contribution in [0.3, 0.4) is 0 Å². The van der Waals surface area contributed by atoms with Crippen LogP contribution in [-0.2, 0) is 11.3 Å². The monoisotopic (exact) mass is 288 g/mol. The van der Waals surface area contributed by atoms with Gasteiger partial charge in [0, 0.05) is 31.2 Å². The number of rotatable bonds is 6. The normalized spacial score (nSPS) is 12.2. The Morgan fingerprint density at radius 3 is 2.76 bits per heavy atom. The molecule has 0 aliphatic carbocycles. The molecule has 112 valence electrons. The Labute approximate surface area is 124 Å². The average molecular weight is 288 g/mol. The van der Waals surface area contributed by atoms with Gasteiger partial charge in [-0.25, -0.2) is 4.98 Å². The number of nitrogens with one attached hydrogen (secondary N) is 1. The zero-order chi connectivity index (χ0) is 15.2. The molecule has 1 atom stereocenters. The highest BCUT2D eigenvalue weighted by Gasteiger charge is 2.14. The summed E-state index contributed by atoms with van der Waals surface area (Å²) < 4.78 is 7.09. The molecule has 2 rings (SSSR count). The molecule has 6 heteroatoms. The highest BCUT2D eigenvalue weighted by atomic mass is 16.5. The minimum Gasteiger partial charge on any atom is -0.475 e. The highest BCUT2D eigenvalue weighted by Crippen LogP contribution is 2.10. The van der Waals surface area contributed by atoms with Gasteiger partial charge in [-0.1, -0.05) is 6.07 Å². The number of nitrogens with zero attached hydrogens (tertiary/aromatic N) is 3. The van der Waals surface area contributed by atoms with Crippen LogP contribution in [0, 0.1) is 0 Å². The first-order valence-corrected chi connectivity index (χ1v) is 6.94. The maximum absolute atomic E-state index is 12.0. The zero-order valence-electron chi connectivity index (χ0n) is 12.5. The van der Waals surface area contributed by atoms with E-state index in [4.69, 9.17) is 4.74 Å². The number of pyridine rings is 1. The lowest BCUT2D eigenvalue weighted by molar-refractivity contribution is -0.124. The minimum atomic E-state index is -0.337. The van der Waals surface area contributed by atoms with Crippen LogP contribution in [0.1, 0.15) is 32.4 Å². The van der Waals surface area contributed by atoms with E-state index >= 15 is 0 Å². The molecule has 0 bridgehead atoms. The van der Waals surface area contributed by atoms with E-state index in [9.17, 15) is 4.79 Å². The zero-order valence-corrected chi connectivity index (χ0v) is 12.5. The molecule has 2 aromatic heterocycles. The standard InChI is InChI=1S/C15H20N4O2/c1-11(2)21-14-6-5-13(9-16-14)10-17-15(20)12(3)19-8-4-7-18-19/h4-9,11-12H,10H2,1-3H3,(H,17,20). The fraction of sp³-hybridized carbons (Fsp3) is 0.400. The molecule has 0 fully saturated rings. The van der Waals surface area contributed by atoms with Gasteiger partial charge in [-0.15, -0.1) is 0 Å². The van der Waals surface area contributed by atoms with Gasteiger partial charge in [-0.3, -0.25) is 9.48 Å². The summed E-state index contributed by atoms with van der Waals surface area (Å²) >= 11 is 0. The van der Waals surface area contributed by atoms with Crippen LogP contribution >= 0.6 is 0 Å². The maximum atomic E-state index is 12.0. The summed E-state index contributed by atoms with van der Waals surface area (Å²) in [5.41, 5.74) is 0.923. The van der Waals surface area contributed by atoms with E-state index < -0.39 is 0 Å². The fourth-order valence-corrected chi connectivity index (χ4v) is 1.79. The topological polar surface area (TPSA) is 69.0 Å². The predicted octanol–water partition coefficient (Wildman–Crippen LogP) is 1.94. The third-order valence-corrected chi connectivity index (χ3v) is 2.92. The van der Waals surface area contributed by atoms with Gasteiger partial charge in [-0.05, 0) is 32.4 Å². The largest absolute Gasteiger partial charge is 0.475 e. The molecule has 0 aromatic carbocycles. The third-order valence-electron chi connectivity index (χ3n) is 2.92. The van der Waals surface area contributed by atoms with Crippen molar-refractivity contribution >= 4 is 5.91 Å². The van der Waals surface area contributed by atoms with Crippen LogP contribution in [0.25, 0.3) is 0 Å². The van der Waals surface area contributed by atoms with Gasteiger partial charge in [0.25, 0.3) is 0 Å². The molecule has 21 heavy (non-hydrogen) atoms. The number of carbonyl (C=O) groups is 1. The number of ether oxygens (including phenoxy) is 1. The Bertz CT molecular complexity index is 564. The Balaban J connectivity index is 1.86. The van der Waals surface area contributed by atoms with E-state index in [0.29, 0.717) is 12.4 Å². The van der Waals surface area contributed by atoms with Crippen LogP contribution < -0.4 is 10.1 Å². The van der Waals surface area contributed by atoms with Gasteiger partial charge in [0.05, 0.1) is 6.10 Å². The van der Waals surface area contributed by atoms with Crippen molar-refractivity contribution < 1.29 is 9.53 Å². The summed E-state index contributed by atoms with van der Waals surface area (Å²) in [6.45, 7) is 6.14. The van der Waals surface area contributed by atoms with Gasteiger partial charge in [-0.2, -0.15) is 5.10 Å². The van der Waals surface area contributed by atoms with Crippen molar-refractivity contribution in [3.8, 4) is 5.88 Å². The van der Waals surface area contributed by atoms with Gasteiger partial charge in [0.2, 0.25) is 11.8 Å². The number of amides is 1. The van der Waals surface area contributed by atoms with Gasteiger partial charge < -0.3 is 10.1 Å². The molecule has 0 aliphatic rings. The van der Waals surface area contributed by atoms with Crippen LogP contribution in [0.15, 0.2) is 36.8 Å². The van der Waals surface area contributed by atoms with Gasteiger partial charge >= 0.3 is 0 Å². The molecule has 0 aliphatic heterocycles. The summed E-state index contributed by atoms with van der Waals surface area (Å²) in [7, 11) is 0. The van der Waals surface area contributed by atoms with Crippen molar-refractivity contribution in [2.75, 3.05) is 0 Å². The number of hydrogen-bond donors (Lipinski definition) is 1. The molecular weight excluding hydrogens is 268 g/mol. The minimum absolute atomic E-state index is 0.0822. The van der Waals surface area contributed by atoms with E-state index in [2.05, 4.69) is 15.4 Å². The lowest BCUT2D eigenvalue weighted by Crippen LogP contribution is -2.30. The quantitative estimate of drug-likeness (QED) is 0.882.